The molecule has 1 aliphatic rings. The number of thioether (sulfide) groups is 1. The number of hydrogen-bond donors (Lipinski definition) is 0. The van der Waals surface area contributed by atoms with E-state index in [4.69, 9.17) is 9.47 Å². The molecule has 0 unspecified atom stereocenters. The van der Waals surface area contributed by atoms with Gasteiger partial charge in [-0.05, 0) is 28.7 Å². The van der Waals surface area contributed by atoms with Gasteiger partial charge in [0.2, 0.25) is 5.91 Å². The average Bonchev–Trinajstić information content (AvgIpc) is 3.02. The molecule has 4 nitrogen and oxygen atoms in total. The molecule has 1 saturated heterocycles. The summed E-state index contributed by atoms with van der Waals surface area (Å²) in [7, 11) is 3.21. The van der Waals surface area contributed by atoms with Crippen LogP contribution >= 0.6 is 11.8 Å². The summed E-state index contributed by atoms with van der Waals surface area (Å²) >= 11 is 1.65. The van der Waals surface area contributed by atoms with Crippen molar-refractivity contribution in [2.75, 3.05) is 24.9 Å². The molecule has 138 valence electrons. The molecule has 0 N–H and O–H groups in total. The first-order chi connectivity index (χ1) is 12.3. The lowest BCUT2D eigenvalue weighted by molar-refractivity contribution is -0.115. The van der Waals surface area contributed by atoms with Crippen LogP contribution in [0.1, 0.15) is 37.3 Å². The summed E-state index contributed by atoms with van der Waals surface area (Å²) in [6.07, 6.45) is 0. The summed E-state index contributed by atoms with van der Waals surface area (Å²) in [5, 5.41) is -0.0328. The van der Waals surface area contributed by atoms with Crippen molar-refractivity contribution in [3.63, 3.8) is 0 Å². The zero-order valence-electron chi connectivity index (χ0n) is 15.9. The van der Waals surface area contributed by atoms with Crippen molar-refractivity contribution < 1.29 is 14.3 Å². The van der Waals surface area contributed by atoms with Crippen LogP contribution in [-0.2, 0) is 10.2 Å². The van der Waals surface area contributed by atoms with Crippen molar-refractivity contribution in [3.05, 3.63) is 53.6 Å². The van der Waals surface area contributed by atoms with Gasteiger partial charge in [-0.1, -0.05) is 45.0 Å². The fraction of sp³-hybridized carbons (Fsp3) is 0.381. The number of rotatable bonds is 4. The predicted molar refractivity (Wildman–Crippen MR) is 107 cm³/mol. The molecule has 1 atom stereocenters. The zero-order valence-corrected chi connectivity index (χ0v) is 16.7. The number of carbonyl (C=O) groups excluding carboxylic acids is 1. The fourth-order valence-electron chi connectivity index (χ4n) is 3.07. The van der Waals surface area contributed by atoms with Gasteiger partial charge in [-0.25, -0.2) is 0 Å². The van der Waals surface area contributed by atoms with Crippen LogP contribution in [0.2, 0.25) is 0 Å². The summed E-state index contributed by atoms with van der Waals surface area (Å²) in [6.45, 7) is 6.60. The predicted octanol–water partition coefficient (Wildman–Crippen LogP) is 4.78. The van der Waals surface area contributed by atoms with Gasteiger partial charge < -0.3 is 9.47 Å². The van der Waals surface area contributed by atoms with Gasteiger partial charge in [0.15, 0.2) is 11.5 Å². The van der Waals surface area contributed by atoms with Crippen LogP contribution in [-0.4, -0.2) is 25.9 Å². The Kier molecular flexibility index (Phi) is 5.19. The van der Waals surface area contributed by atoms with E-state index in [2.05, 4.69) is 45.0 Å². The van der Waals surface area contributed by atoms with E-state index in [-0.39, 0.29) is 16.7 Å². The topological polar surface area (TPSA) is 38.8 Å². The van der Waals surface area contributed by atoms with Crippen LogP contribution in [0.3, 0.4) is 0 Å². The molecular formula is C21H25NO3S. The maximum atomic E-state index is 12.6. The number of amides is 1. The Morgan fingerprint density at radius 3 is 2.23 bits per heavy atom. The molecule has 1 aliphatic heterocycles. The van der Waals surface area contributed by atoms with Gasteiger partial charge >= 0.3 is 0 Å². The summed E-state index contributed by atoms with van der Waals surface area (Å²) in [5.41, 5.74) is 3.35. The molecule has 0 bridgehead atoms. The third kappa shape index (κ3) is 3.54. The fourth-order valence-corrected chi connectivity index (χ4v) is 4.25. The highest BCUT2D eigenvalue weighted by molar-refractivity contribution is 8.00. The number of carbonyl (C=O) groups is 1. The van der Waals surface area contributed by atoms with E-state index in [1.165, 1.54) is 5.56 Å². The second-order valence-corrected chi connectivity index (χ2v) is 8.41. The third-order valence-electron chi connectivity index (χ3n) is 4.58. The van der Waals surface area contributed by atoms with Crippen LogP contribution < -0.4 is 14.4 Å². The molecule has 0 aromatic heterocycles. The second-order valence-electron chi connectivity index (χ2n) is 7.34. The van der Waals surface area contributed by atoms with Crippen molar-refractivity contribution in [1.82, 2.24) is 0 Å². The monoisotopic (exact) mass is 371 g/mol. The van der Waals surface area contributed by atoms with Gasteiger partial charge in [-0.3, -0.25) is 9.69 Å². The summed E-state index contributed by atoms with van der Waals surface area (Å²) < 4.78 is 10.7. The minimum absolute atomic E-state index is 0.0328. The normalized spacial score (nSPS) is 17.5. The Balaban J connectivity index is 1.94. The number of methoxy groups -OCH3 is 2. The molecule has 26 heavy (non-hydrogen) atoms. The molecule has 1 amide bonds. The van der Waals surface area contributed by atoms with Gasteiger partial charge in [-0.15, -0.1) is 11.8 Å². The second kappa shape index (κ2) is 7.23. The van der Waals surface area contributed by atoms with E-state index in [1.807, 2.05) is 23.1 Å². The number of nitrogens with zero attached hydrogens (tertiary/aromatic N) is 1. The smallest absolute Gasteiger partial charge is 0.238 e. The van der Waals surface area contributed by atoms with Gasteiger partial charge in [0.05, 0.1) is 20.0 Å². The Labute approximate surface area is 159 Å². The average molecular weight is 372 g/mol. The highest BCUT2D eigenvalue weighted by Gasteiger charge is 2.34. The molecule has 0 aliphatic carbocycles. The molecule has 5 heteroatoms. The molecule has 0 saturated carbocycles. The quantitative estimate of drug-likeness (QED) is 0.775. The first-order valence-electron chi connectivity index (χ1n) is 8.61. The molecule has 0 radical (unpaired) electrons. The van der Waals surface area contributed by atoms with Crippen molar-refractivity contribution in [3.8, 4) is 11.5 Å². The molecule has 2 aromatic carbocycles. The maximum Gasteiger partial charge on any atom is 0.238 e. The first-order valence-corrected chi connectivity index (χ1v) is 9.66. The Morgan fingerprint density at radius 1 is 1.00 bits per heavy atom. The van der Waals surface area contributed by atoms with Gasteiger partial charge in [0.1, 0.15) is 5.37 Å². The molecule has 3 rings (SSSR count). The highest BCUT2D eigenvalue weighted by atomic mass is 32.2. The van der Waals surface area contributed by atoms with Crippen molar-refractivity contribution in [2.24, 2.45) is 0 Å². The van der Waals surface area contributed by atoms with Gasteiger partial charge in [0, 0.05) is 11.8 Å². The molecular weight excluding hydrogens is 346 g/mol. The van der Waals surface area contributed by atoms with Crippen LogP contribution in [0.5, 0.6) is 11.5 Å². The Hall–Kier alpha value is -2.14. The van der Waals surface area contributed by atoms with Gasteiger partial charge in [-0.2, -0.15) is 0 Å². The van der Waals surface area contributed by atoms with Crippen LogP contribution in [0.15, 0.2) is 42.5 Å². The van der Waals surface area contributed by atoms with Crippen LogP contribution in [0.4, 0.5) is 5.69 Å². The summed E-state index contributed by atoms with van der Waals surface area (Å²) in [4.78, 5) is 14.4. The maximum absolute atomic E-state index is 12.6. The van der Waals surface area contributed by atoms with Crippen molar-refractivity contribution >= 4 is 23.4 Å². The number of ether oxygens (including phenoxy) is 2. The zero-order chi connectivity index (χ0) is 18.9. The van der Waals surface area contributed by atoms with Crippen molar-refractivity contribution in [2.45, 2.75) is 31.6 Å². The van der Waals surface area contributed by atoms with E-state index in [0.29, 0.717) is 17.3 Å². The minimum atomic E-state index is -0.0328. The lowest BCUT2D eigenvalue weighted by Gasteiger charge is -2.26. The highest BCUT2D eigenvalue weighted by Crippen LogP contribution is 2.44. The summed E-state index contributed by atoms with van der Waals surface area (Å²) in [5.74, 6) is 1.85. The lowest BCUT2D eigenvalue weighted by Crippen LogP contribution is -2.27. The first kappa shape index (κ1) is 18.6. The van der Waals surface area contributed by atoms with E-state index in [1.54, 1.807) is 26.0 Å². The SMILES string of the molecule is COc1ccc(N2C(=O)CS[C@H]2c2ccc(C(C)(C)C)cc2)cc1OC. The lowest BCUT2D eigenvalue weighted by atomic mass is 9.86. The van der Waals surface area contributed by atoms with E-state index in [9.17, 15) is 4.79 Å². The van der Waals surface area contributed by atoms with E-state index >= 15 is 0 Å². The Bertz CT molecular complexity index is 796. The molecule has 1 fully saturated rings. The number of anilines is 1. The number of benzene rings is 2. The largest absolute Gasteiger partial charge is 0.493 e. The van der Waals surface area contributed by atoms with Crippen LogP contribution in [0.25, 0.3) is 0 Å². The third-order valence-corrected chi connectivity index (χ3v) is 5.79. The van der Waals surface area contributed by atoms with E-state index in [0.717, 1.165) is 11.3 Å². The van der Waals surface area contributed by atoms with Gasteiger partial charge in [0.25, 0.3) is 0 Å². The van der Waals surface area contributed by atoms with Crippen molar-refractivity contribution in [1.29, 1.82) is 0 Å². The minimum Gasteiger partial charge on any atom is -0.493 e. The van der Waals surface area contributed by atoms with Crippen LogP contribution in [0, 0.1) is 0 Å². The molecule has 2 aromatic rings. The molecule has 1 heterocycles. The molecule has 0 spiro atoms. The standard InChI is InChI=1S/C21H25NO3S/c1-21(2,3)15-8-6-14(7-9-15)20-22(19(23)13-26-20)16-10-11-17(24-4)18(12-16)25-5/h6-12,20H,13H2,1-5H3/t20-/m0/s1. The van der Waals surface area contributed by atoms with E-state index < -0.39 is 0 Å². The number of hydrogen-bond acceptors (Lipinski definition) is 4. The Morgan fingerprint density at radius 2 is 1.65 bits per heavy atom. The summed E-state index contributed by atoms with van der Waals surface area (Å²) in [6, 6.07) is 14.2.